The van der Waals surface area contributed by atoms with E-state index in [0.717, 1.165) is 0 Å². The molecule has 1 aliphatic heterocycles. The van der Waals surface area contributed by atoms with Crippen LogP contribution in [0.3, 0.4) is 0 Å². The normalized spacial score (nSPS) is 18.1. The van der Waals surface area contributed by atoms with Crippen LogP contribution in [-0.4, -0.2) is 40.0 Å². The van der Waals surface area contributed by atoms with Crippen LogP contribution in [0.4, 0.5) is 0 Å². The van der Waals surface area contributed by atoms with Crippen LogP contribution < -0.4 is 0 Å². The summed E-state index contributed by atoms with van der Waals surface area (Å²) >= 11 is 0. The molecule has 0 aromatic carbocycles. The van der Waals surface area contributed by atoms with Gasteiger partial charge in [0.2, 0.25) is 0 Å². The highest BCUT2D eigenvalue weighted by Crippen LogP contribution is 2.31. The van der Waals surface area contributed by atoms with E-state index in [-0.39, 0.29) is 5.91 Å². The summed E-state index contributed by atoms with van der Waals surface area (Å²) in [4.78, 5) is 29.3. The van der Waals surface area contributed by atoms with Gasteiger partial charge in [-0.2, -0.15) is 0 Å². The quantitative estimate of drug-likeness (QED) is 0.881. The van der Waals surface area contributed by atoms with E-state index in [0.29, 0.717) is 37.2 Å². The van der Waals surface area contributed by atoms with Gasteiger partial charge in [0.05, 0.1) is 11.0 Å². The van der Waals surface area contributed by atoms with Gasteiger partial charge in [0, 0.05) is 25.0 Å². The standard InChI is InChI=1S/C14H18N2O3/c1-10-11(4-3-7-15-10)12(17)16-8-5-14(2,6-9-16)13(18)19/h3-4,7H,5-6,8-9H2,1-2H3,(H,18,19). The molecule has 1 amide bonds. The van der Waals surface area contributed by atoms with Gasteiger partial charge >= 0.3 is 5.97 Å². The van der Waals surface area contributed by atoms with Crippen LogP contribution in [0.25, 0.3) is 0 Å². The Morgan fingerprint density at radius 2 is 2.00 bits per heavy atom. The number of carboxylic acids is 1. The average molecular weight is 262 g/mol. The van der Waals surface area contributed by atoms with E-state index in [9.17, 15) is 14.7 Å². The van der Waals surface area contributed by atoms with Crippen molar-refractivity contribution >= 4 is 11.9 Å². The first kappa shape index (κ1) is 13.5. The minimum atomic E-state index is -0.780. The van der Waals surface area contributed by atoms with Gasteiger partial charge in [0.25, 0.3) is 5.91 Å². The number of likely N-dealkylation sites (tertiary alicyclic amines) is 1. The van der Waals surface area contributed by atoms with Crippen LogP contribution >= 0.6 is 0 Å². The molecule has 1 aromatic heterocycles. The average Bonchev–Trinajstić information content (AvgIpc) is 2.39. The van der Waals surface area contributed by atoms with Crippen molar-refractivity contribution in [3.8, 4) is 0 Å². The molecular weight excluding hydrogens is 244 g/mol. The first-order valence-corrected chi connectivity index (χ1v) is 6.38. The smallest absolute Gasteiger partial charge is 0.309 e. The number of carbonyl (C=O) groups is 2. The Hall–Kier alpha value is -1.91. The number of pyridine rings is 1. The van der Waals surface area contributed by atoms with E-state index in [1.54, 1.807) is 37.1 Å². The Labute approximate surface area is 112 Å². The number of piperidine rings is 1. The highest BCUT2D eigenvalue weighted by atomic mass is 16.4. The van der Waals surface area contributed by atoms with Gasteiger partial charge in [-0.3, -0.25) is 14.6 Å². The summed E-state index contributed by atoms with van der Waals surface area (Å²) in [5.74, 6) is -0.838. The molecule has 1 fully saturated rings. The van der Waals surface area contributed by atoms with Gasteiger partial charge in [-0.15, -0.1) is 0 Å². The molecule has 0 bridgehead atoms. The van der Waals surface area contributed by atoms with Crippen molar-refractivity contribution < 1.29 is 14.7 Å². The number of carboxylic acid groups (broad SMARTS) is 1. The number of aliphatic carboxylic acids is 1. The predicted molar refractivity (Wildman–Crippen MR) is 69.9 cm³/mol. The molecule has 0 radical (unpaired) electrons. The summed E-state index contributed by atoms with van der Waals surface area (Å²) in [6.45, 7) is 4.51. The van der Waals surface area contributed by atoms with Crippen molar-refractivity contribution in [3.05, 3.63) is 29.6 Å². The van der Waals surface area contributed by atoms with E-state index in [1.807, 2.05) is 0 Å². The van der Waals surface area contributed by atoms with Gasteiger partial charge in [-0.05, 0) is 38.8 Å². The lowest BCUT2D eigenvalue weighted by atomic mass is 9.80. The molecule has 102 valence electrons. The van der Waals surface area contributed by atoms with Gasteiger partial charge in [0.15, 0.2) is 0 Å². The lowest BCUT2D eigenvalue weighted by molar-refractivity contribution is -0.150. The van der Waals surface area contributed by atoms with Gasteiger partial charge in [-0.1, -0.05) is 0 Å². The summed E-state index contributed by atoms with van der Waals surface area (Å²) in [6.07, 6.45) is 2.64. The number of nitrogens with zero attached hydrogens (tertiary/aromatic N) is 2. The molecule has 0 saturated carbocycles. The van der Waals surface area contributed by atoms with E-state index >= 15 is 0 Å². The van der Waals surface area contributed by atoms with Crippen molar-refractivity contribution in [1.82, 2.24) is 9.88 Å². The Morgan fingerprint density at radius 1 is 1.37 bits per heavy atom. The highest BCUT2D eigenvalue weighted by molar-refractivity contribution is 5.95. The van der Waals surface area contributed by atoms with Crippen molar-refractivity contribution in [1.29, 1.82) is 0 Å². The van der Waals surface area contributed by atoms with Crippen LogP contribution in [0.1, 0.15) is 35.8 Å². The second-order valence-corrected chi connectivity index (χ2v) is 5.29. The number of aromatic nitrogens is 1. The fourth-order valence-corrected chi connectivity index (χ4v) is 2.30. The Bertz CT molecular complexity index is 505. The topological polar surface area (TPSA) is 70.5 Å². The second-order valence-electron chi connectivity index (χ2n) is 5.29. The zero-order valence-electron chi connectivity index (χ0n) is 11.2. The van der Waals surface area contributed by atoms with Crippen LogP contribution in [0.5, 0.6) is 0 Å². The number of amides is 1. The van der Waals surface area contributed by atoms with Gasteiger partial charge in [-0.25, -0.2) is 0 Å². The molecule has 0 aliphatic carbocycles. The molecule has 5 heteroatoms. The zero-order valence-corrected chi connectivity index (χ0v) is 11.2. The Kier molecular flexibility index (Phi) is 3.55. The lowest BCUT2D eigenvalue weighted by Gasteiger charge is -2.36. The molecule has 2 rings (SSSR count). The fourth-order valence-electron chi connectivity index (χ4n) is 2.30. The molecule has 1 aliphatic rings. The zero-order chi connectivity index (χ0) is 14.0. The molecule has 2 heterocycles. The van der Waals surface area contributed by atoms with Crippen molar-refractivity contribution in [2.75, 3.05) is 13.1 Å². The van der Waals surface area contributed by atoms with Crippen LogP contribution in [0.2, 0.25) is 0 Å². The Balaban J connectivity index is 2.08. The third kappa shape index (κ3) is 2.59. The number of hydrogen-bond acceptors (Lipinski definition) is 3. The number of hydrogen-bond donors (Lipinski definition) is 1. The molecule has 0 spiro atoms. The van der Waals surface area contributed by atoms with Crippen LogP contribution in [0.15, 0.2) is 18.3 Å². The molecule has 1 aromatic rings. The van der Waals surface area contributed by atoms with Crippen molar-refractivity contribution in [2.24, 2.45) is 5.41 Å². The molecule has 5 nitrogen and oxygen atoms in total. The predicted octanol–water partition coefficient (Wildman–Crippen LogP) is 1.72. The first-order valence-electron chi connectivity index (χ1n) is 6.38. The van der Waals surface area contributed by atoms with Crippen molar-refractivity contribution in [2.45, 2.75) is 26.7 Å². The molecule has 1 saturated heterocycles. The van der Waals surface area contributed by atoms with Crippen LogP contribution in [0, 0.1) is 12.3 Å². The number of rotatable bonds is 2. The summed E-state index contributed by atoms with van der Waals surface area (Å²) in [5, 5.41) is 9.17. The van der Waals surface area contributed by atoms with Gasteiger partial charge in [0.1, 0.15) is 0 Å². The van der Waals surface area contributed by atoms with E-state index < -0.39 is 11.4 Å². The van der Waals surface area contributed by atoms with Gasteiger partial charge < -0.3 is 10.0 Å². The fraction of sp³-hybridized carbons (Fsp3) is 0.500. The number of carbonyl (C=O) groups excluding carboxylic acids is 1. The lowest BCUT2D eigenvalue weighted by Crippen LogP contribution is -2.45. The van der Waals surface area contributed by atoms with E-state index in [4.69, 9.17) is 0 Å². The molecule has 0 atom stereocenters. The third-order valence-corrected chi connectivity index (χ3v) is 3.91. The largest absolute Gasteiger partial charge is 0.481 e. The summed E-state index contributed by atoms with van der Waals surface area (Å²) in [7, 11) is 0. The third-order valence-electron chi connectivity index (χ3n) is 3.91. The monoisotopic (exact) mass is 262 g/mol. The summed E-state index contributed by atoms with van der Waals surface area (Å²) in [6, 6.07) is 3.50. The second kappa shape index (κ2) is 4.99. The summed E-state index contributed by atoms with van der Waals surface area (Å²) < 4.78 is 0. The van der Waals surface area contributed by atoms with Crippen molar-refractivity contribution in [3.63, 3.8) is 0 Å². The number of aryl methyl sites for hydroxylation is 1. The van der Waals surface area contributed by atoms with E-state index in [2.05, 4.69) is 4.98 Å². The Morgan fingerprint density at radius 3 is 2.53 bits per heavy atom. The van der Waals surface area contributed by atoms with Crippen LogP contribution in [-0.2, 0) is 4.79 Å². The SMILES string of the molecule is Cc1ncccc1C(=O)N1CCC(C)(C(=O)O)CC1. The molecular formula is C14H18N2O3. The molecule has 0 unspecified atom stereocenters. The maximum atomic E-state index is 12.3. The summed E-state index contributed by atoms with van der Waals surface area (Å²) in [5.41, 5.74) is 0.598. The molecule has 19 heavy (non-hydrogen) atoms. The maximum Gasteiger partial charge on any atom is 0.309 e. The molecule has 1 N–H and O–H groups in total. The highest BCUT2D eigenvalue weighted by Gasteiger charge is 2.38. The minimum absolute atomic E-state index is 0.0574. The first-order chi connectivity index (χ1) is 8.94. The maximum absolute atomic E-state index is 12.3. The minimum Gasteiger partial charge on any atom is -0.481 e. The van der Waals surface area contributed by atoms with E-state index in [1.165, 1.54) is 0 Å².